The van der Waals surface area contributed by atoms with Gasteiger partial charge in [0.1, 0.15) is 5.82 Å². The van der Waals surface area contributed by atoms with Crippen molar-refractivity contribution in [2.24, 2.45) is 0 Å². The number of hydrogen-bond acceptors (Lipinski definition) is 4. The largest absolute Gasteiger partial charge is 0.384 e. The lowest BCUT2D eigenvalue weighted by molar-refractivity contribution is 0.205. The highest BCUT2D eigenvalue weighted by molar-refractivity contribution is 5.47. The number of rotatable bonds is 5. The highest BCUT2D eigenvalue weighted by Gasteiger charge is 2.03. The van der Waals surface area contributed by atoms with Crippen LogP contribution in [0.4, 0.5) is 11.5 Å². The number of aromatic nitrogens is 1. The number of hydrogen-bond donors (Lipinski definition) is 1. The summed E-state index contributed by atoms with van der Waals surface area (Å²) in [6.45, 7) is 4.64. The number of anilines is 2. The third kappa shape index (κ3) is 2.88. The van der Waals surface area contributed by atoms with Gasteiger partial charge in [-0.25, -0.2) is 4.98 Å². The predicted molar refractivity (Wildman–Crippen MR) is 58.4 cm³/mol. The number of nitrogens with two attached hydrogens (primary N) is 1. The summed E-state index contributed by atoms with van der Waals surface area (Å²) in [5.41, 5.74) is 6.60. The molecular formula is C10H17N3O. The number of methoxy groups -OCH3 is 1. The molecule has 0 spiro atoms. The van der Waals surface area contributed by atoms with Crippen molar-refractivity contribution in [2.45, 2.75) is 6.92 Å². The van der Waals surface area contributed by atoms with E-state index in [1.165, 1.54) is 0 Å². The molecule has 4 nitrogen and oxygen atoms in total. The Hall–Kier alpha value is -1.29. The fourth-order valence-electron chi connectivity index (χ4n) is 1.26. The molecule has 1 heterocycles. The van der Waals surface area contributed by atoms with Gasteiger partial charge in [0.15, 0.2) is 0 Å². The maximum Gasteiger partial charge on any atom is 0.123 e. The van der Waals surface area contributed by atoms with Crippen LogP contribution in [0.5, 0.6) is 0 Å². The fourth-order valence-corrected chi connectivity index (χ4v) is 1.26. The van der Waals surface area contributed by atoms with Gasteiger partial charge < -0.3 is 15.4 Å². The molecule has 1 rings (SSSR count). The van der Waals surface area contributed by atoms with Crippen molar-refractivity contribution in [3.05, 3.63) is 18.3 Å². The van der Waals surface area contributed by atoms with Crippen molar-refractivity contribution in [3.8, 4) is 0 Å². The molecule has 0 saturated heterocycles. The van der Waals surface area contributed by atoms with Crippen molar-refractivity contribution in [1.29, 1.82) is 0 Å². The standard InChI is InChI=1S/C10H17N3O/c1-3-13(6-7-14-2)9-4-5-10(11)12-8-9/h4-5,8H,3,6-7H2,1-2H3,(H2,11,12). The van der Waals surface area contributed by atoms with Crippen LogP contribution in [0.2, 0.25) is 0 Å². The number of nitrogens with zero attached hydrogens (tertiary/aromatic N) is 2. The van der Waals surface area contributed by atoms with E-state index in [4.69, 9.17) is 10.5 Å². The van der Waals surface area contributed by atoms with Crippen molar-refractivity contribution in [3.63, 3.8) is 0 Å². The van der Waals surface area contributed by atoms with E-state index >= 15 is 0 Å². The Morgan fingerprint density at radius 1 is 1.50 bits per heavy atom. The van der Waals surface area contributed by atoms with Gasteiger partial charge in [-0.3, -0.25) is 0 Å². The van der Waals surface area contributed by atoms with Gasteiger partial charge in [-0.2, -0.15) is 0 Å². The number of ether oxygens (including phenoxy) is 1. The normalized spacial score (nSPS) is 10.1. The van der Waals surface area contributed by atoms with E-state index in [1.807, 2.05) is 12.1 Å². The van der Waals surface area contributed by atoms with Crippen LogP contribution >= 0.6 is 0 Å². The van der Waals surface area contributed by atoms with E-state index in [1.54, 1.807) is 13.3 Å². The van der Waals surface area contributed by atoms with Gasteiger partial charge in [-0.15, -0.1) is 0 Å². The van der Waals surface area contributed by atoms with E-state index in [0.29, 0.717) is 5.82 Å². The SMILES string of the molecule is CCN(CCOC)c1ccc(N)nc1. The molecule has 1 aromatic rings. The summed E-state index contributed by atoms with van der Waals surface area (Å²) in [5, 5.41) is 0. The molecule has 2 N–H and O–H groups in total. The Bertz CT molecular complexity index is 261. The number of nitrogen functional groups attached to an aromatic ring is 1. The molecule has 4 heteroatoms. The molecule has 0 aliphatic heterocycles. The molecule has 78 valence electrons. The first-order valence-corrected chi connectivity index (χ1v) is 4.73. The zero-order chi connectivity index (χ0) is 10.4. The van der Waals surface area contributed by atoms with E-state index in [0.717, 1.165) is 25.4 Å². The summed E-state index contributed by atoms with van der Waals surface area (Å²) >= 11 is 0. The average molecular weight is 195 g/mol. The maximum absolute atomic E-state index is 5.51. The number of likely N-dealkylation sites (N-methyl/N-ethyl adjacent to an activating group) is 1. The van der Waals surface area contributed by atoms with Crippen LogP contribution in [0.1, 0.15) is 6.92 Å². The minimum absolute atomic E-state index is 0.552. The summed E-state index contributed by atoms with van der Waals surface area (Å²) < 4.78 is 5.03. The molecule has 0 fully saturated rings. The summed E-state index contributed by atoms with van der Waals surface area (Å²) in [5.74, 6) is 0.552. The van der Waals surface area contributed by atoms with Crippen molar-refractivity contribution in [2.75, 3.05) is 37.4 Å². The Balaban J connectivity index is 2.64. The molecule has 0 aliphatic carbocycles. The topological polar surface area (TPSA) is 51.4 Å². The third-order valence-electron chi connectivity index (χ3n) is 2.08. The molecule has 0 saturated carbocycles. The second kappa shape index (κ2) is 5.44. The molecule has 0 unspecified atom stereocenters. The fraction of sp³-hybridized carbons (Fsp3) is 0.500. The van der Waals surface area contributed by atoms with Crippen LogP contribution < -0.4 is 10.6 Å². The molecular weight excluding hydrogens is 178 g/mol. The second-order valence-corrected chi connectivity index (χ2v) is 3.01. The van der Waals surface area contributed by atoms with Gasteiger partial charge >= 0.3 is 0 Å². The lowest BCUT2D eigenvalue weighted by atomic mass is 10.3. The Labute approximate surface area is 84.7 Å². The van der Waals surface area contributed by atoms with Crippen molar-refractivity contribution >= 4 is 11.5 Å². The van der Waals surface area contributed by atoms with E-state index in [2.05, 4.69) is 16.8 Å². The van der Waals surface area contributed by atoms with Gasteiger partial charge in [-0.05, 0) is 19.1 Å². The molecule has 0 amide bonds. The Morgan fingerprint density at radius 2 is 2.29 bits per heavy atom. The lowest BCUT2D eigenvalue weighted by Gasteiger charge is -2.22. The summed E-state index contributed by atoms with van der Waals surface area (Å²) in [6.07, 6.45) is 1.79. The number of pyridine rings is 1. The molecule has 0 atom stereocenters. The molecule has 0 radical (unpaired) electrons. The summed E-state index contributed by atoms with van der Waals surface area (Å²) in [7, 11) is 1.70. The predicted octanol–water partition coefficient (Wildman–Crippen LogP) is 1.14. The smallest absolute Gasteiger partial charge is 0.123 e. The highest BCUT2D eigenvalue weighted by Crippen LogP contribution is 2.12. The molecule has 0 aliphatic rings. The van der Waals surface area contributed by atoms with Gasteiger partial charge in [0, 0.05) is 20.2 Å². The quantitative estimate of drug-likeness (QED) is 0.765. The lowest BCUT2D eigenvalue weighted by Crippen LogP contribution is -2.26. The summed E-state index contributed by atoms with van der Waals surface area (Å²) in [4.78, 5) is 6.24. The minimum atomic E-state index is 0.552. The monoisotopic (exact) mass is 195 g/mol. The highest BCUT2D eigenvalue weighted by atomic mass is 16.5. The average Bonchev–Trinajstić information content (AvgIpc) is 2.21. The van der Waals surface area contributed by atoms with Gasteiger partial charge in [0.05, 0.1) is 18.5 Å². The first-order valence-electron chi connectivity index (χ1n) is 4.73. The van der Waals surface area contributed by atoms with Crippen LogP contribution in [0, 0.1) is 0 Å². The second-order valence-electron chi connectivity index (χ2n) is 3.01. The van der Waals surface area contributed by atoms with E-state index in [-0.39, 0.29) is 0 Å². The van der Waals surface area contributed by atoms with E-state index in [9.17, 15) is 0 Å². The van der Waals surface area contributed by atoms with Crippen LogP contribution in [0.15, 0.2) is 18.3 Å². The van der Waals surface area contributed by atoms with Crippen LogP contribution in [-0.2, 0) is 4.74 Å². The Morgan fingerprint density at radius 3 is 2.79 bits per heavy atom. The Kier molecular flexibility index (Phi) is 4.19. The van der Waals surface area contributed by atoms with Crippen molar-refractivity contribution < 1.29 is 4.74 Å². The van der Waals surface area contributed by atoms with Gasteiger partial charge in [-0.1, -0.05) is 0 Å². The van der Waals surface area contributed by atoms with Gasteiger partial charge in [0.2, 0.25) is 0 Å². The third-order valence-corrected chi connectivity index (χ3v) is 2.08. The maximum atomic E-state index is 5.51. The van der Waals surface area contributed by atoms with Gasteiger partial charge in [0.25, 0.3) is 0 Å². The van der Waals surface area contributed by atoms with Crippen LogP contribution in [0.25, 0.3) is 0 Å². The molecule has 1 aromatic heterocycles. The molecule has 14 heavy (non-hydrogen) atoms. The zero-order valence-electron chi connectivity index (χ0n) is 8.73. The molecule has 0 aromatic carbocycles. The first kappa shape index (κ1) is 10.8. The molecule has 0 bridgehead atoms. The van der Waals surface area contributed by atoms with Crippen LogP contribution in [0.3, 0.4) is 0 Å². The minimum Gasteiger partial charge on any atom is -0.384 e. The summed E-state index contributed by atoms with van der Waals surface area (Å²) in [6, 6.07) is 3.78. The zero-order valence-corrected chi connectivity index (χ0v) is 8.73. The van der Waals surface area contributed by atoms with Crippen molar-refractivity contribution in [1.82, 2.24) is 4.98 Å². The van der Waals surface area contributed by atoms with E-state index < -0.39 is 0 Å². The van der Waals surface area contributed by atoms with Crippen LogP contribution in [-0.4, -0.2) is 31.8 Å². The first-order chi connectivity index (χ1) is 6.77.